The normalized spacial score (nSPS) is 18.8. The summed E-state index contributed by atoms with van der Waals surface area (Å²) in [6.45, 7) is 2.04. The first kappa shape index (κ1) is 17.4. The zero-order chi connectivity index (χ0) is 18.0. The van der Waals surface area contributed by atoms with Crippen molar-refractivity contribution in [1.82, 2.24) is 4.90 Å². The molecule has 7 heteroatoms. The van der Waals surface area contributed by atoms with Gasteiger partial charge >= 0.3 is 11.8 Å². The summed E-state index contributed by atoms with van der Waals surface area (Å²) in [5, 5.41) is 4.61. The molecule has 1 atom stereocenters. The van der Waals surface area contributed by atoms with Crippen LogP contribution < -0.4 is 5.32 Å². The molecule has 132 valence electrons. The van der Waals surface area contributed by atoms with E-state index >= 15 is 0 Å². The van der Waals surface area contributed by atoms with Gasteiger partial charge in [-0.2, -0.15) is 0 Å². The molecule has 3 rings (SSSR count). The lowest BCUT2D eigenvalue weighted by molar-refractivity contribution is -0.144. The topological polar surface area (TPSA) is 83.6 Å². The van der Waals surface area contributed by atoms with E-state index in [1.165, 1.54) is 4.90 Å². The maximum Gasteiger partial charge on any atom is 0.313 e. The van der Waals surface area contributed by atoms with Crippen molar-refractivity contribution in [3.63, 3.8) is 0 Å². The number of likely N-dealkylation sites (N-methyl/N-ethyl adjacent to an activating group) is 1. The molecule has 25 heavy (non-hydrogen) atoms. The molecule has 2 amide bonds. The van der Waals surface area contributed by atoms with E-state index in [9.17, 15) is 18.0 Å². The molecular formula is C18H20N2O4S. The highest BCUT2D eigenvalue weighted by molar-refractivity contribution is 7.91. The van der Waals surface area contributed by atoms with Crippen molar-refractivity contribution < 1.29 is 18.0 Å². The number of nitrogens with zero attached hydrogens (tertiary/aromatic N) is 1. The summed E-state index contributed by atoms with van der Waals surface area (Å²) in [6.07, 6.45) is 0.380. The minimum atomic E-state index is -3.12. The van der Waals surface area contributed by atoms with Gasteiger partial charge in [-0.15, -0.1) is 0 Å². The molecule has 1 saturated heterocycles. The predicted octanol–water partition coefficient (Wildman–Crippen LogP) is 1.81. The number of hydrogen-bond acceptors (Lipinski definition) is 4. The summed E-state index contributed by atoms with van der Waals surface area (Å²) < 4.78 is 23.3. The van der Waals surface area contributed by atoms with E-state index in [1.807, 2.05) is 30.3 Å². The van der Waals surface area contributed by atoms with Gasteiger partial charge in [-0.25, -0.2) is 8.42 Å². The maximum absolute atomic E-state index is 12.5. The Balaban J connectivity index is 1.73. The van der Waals surface area contributed by atoms with Gasteiger partial charge in [-0.1, -0.05) is 30.3 Å². The number of nitrogens with one attached hydrogen (secondary N) is 1. The van der Waals surface area contributed by atoms with Gasteiger partial charge in [0.2, 0.25) is 0 Å². The number of benzene rings is 2. The van der Waals surface area contributed by atoms with Crippen LogP contribution in [-0.2, 0) is 19.4 Å². The van der Waals surface area contributed by atoms with Crippen molar-refractivity contribution in [1.29, 1.82) is 0 Å². The molecular weight excluding hydrogens is 340 g/mol. The number of sulfone groups is 1. The van der Waals surface area contributed by atoms with Crippen molar-refractivity contribution in [3.8, 4) is 0 Å². The SMILES string of the molecule is CCN(C(=O)C(=O)Nc1ccc2ccccc2c1)C1CCS(=O)(=O)C1. The molecule has 1 aliphatic heterocycles. The van der Waals surface area contributed by atoms with E-state index in [-0.39, 0.29) is 11.5 Å². The lowest BCUT2D eigenvalue weighted by Gasteiger charge is -2.26. The van der Waals surface area contributed by atoms with Gasteiger partial charge in [0.15, 0.2) is 9.84 Å². The molecule has 2 aromatic carbocycles. The van der Waals surface area contributed by atoms with Crippen LogP contribution in [0.15, 0.2) is 42.5 Å². The lowest BCUT2D eigenvalue weighted by atomic mass is 10.1. The molecule has 0 saturated carbocycles. The van der Waals surface area contributed by atoms with E-state index in [1.54, 1.807) is 19.1 Å². The first-order valence-electron chi connectivity index (χ1n) is 8.21. The average molecular weight is 360 g/mol. The maximum atomic E-state index is 12.5. The fraction of sp³-hybridized carbons (Fsp3) is 0.333. The summed E-state index contributed by atoms with van der Waals surface area (Å²) in [7, 11) is -3.12. The number of amides is 2. The van der Waals surface area contributed by atoms with E-state index in [0.29, 0.717) is 18.7 Å². The molecule has 0 radical (unpaired) electrons. The number of carbonyl (C=O) groups excluding carboxylic acids is 2. The lowest BCUT2D eigenvalue weighted by Crippen LogP contribution is -2.46. The summed E-state index contributed by atoms with van der Waals surface area (Å²) in [5.74, 6) is -1.46. The minimum absolute atomic E-state index is 0.0632. The number of fused-ring (bicyclic) bond motifs is 1. The van der Waals surface area contributed by atoms with Crippen LogP contribution in [0.3, 0.4) is 0 Å². The highest BCUT2D eigenvalue weighted by atomic mass is 32.2. The zero-order valence-electron chi connectivity index (χ0n) is 13.9. The fourth-order valence-electron chi connectivity index (χ4n) is 3.17. The molecule has 0 spiro atoms. The number of rotatable bonds is 3. The van der Waals surface area contributed by atoms with Crippen LogP contribution in [-0.4, -0.2) is 49.2 Å². The van der Waals surface area contributed by atoms with Crippen LogP contribution in [0, 0.1) is 0 Å². The van der Waals surface area contributed by atoms with Gasteiger partial charge in [0.25, 0.3) is 0 Å². The van der Waals surface area contributed by atoms with Crippen LogP contribution in [0.1, 0.15) is 13.3 Å². The first-order chi connectivity index (χ1) is 11.9. The molecule has 2 aromatic rings. The molecule has 1 unspecified atom stereocenters. The van der Waals surface area contributed by atoms with Crippen LogP contribution in [0.2, 0.25) is 0 Å². The Kier molecular flexibility index (Phi) is 4.76. The Bertz CT molecular complexity index is 924. The molecule has 6 nitrogen and oxygen atoms in total. The van der Waals surface area contributed by atoms with Gasteiger partial charge < -0.3 is 10.2 Å². The van der Waals surface area contributed by atoms with Gasteiger partial charge in [-0.3, -0.25) is 9.59 Å². The number of hydrogen-bond donors (Lipinski definition) is 1. The molecule has 0 aromatic heterocycles. The van der Waals surface area contributed by atoms with Crippen molar-refractivity contribution >= 4 is 38.1 Å². The third-order valence-electron chi connectivity index (χ3n) is 4.45. The highest BCUT2D eigenvalue weighted by Gasteiger charge is 2.35. The number of carbonyl (C=O) groups is 2. The number of anilines is 1. The summed E-state index contributed by atoms with van der Waals surface area (Å²) >= 11 is 0. The second-order valence-corrected chi connectivity index (χ2v) is 8.39. The Hall–Kier alpha value is -2.41. The van der Waals surface area contributed by atoms with Crippen LogP contribution in [0.4, 0.5) is 5.69 Å². The minimum Gasteiger partial charge on any atom is -0.331 e. The molecule has 1 heterocycles. The van der Waals surface area contributed by atoms with Crippen LogP contribution in [0.5, 0.6) is 0 Å². The predicted molar refractivity (Wildman–Crippen MR) is 97.0 cm³/mol. The van der Waals surface area contributed by atoms with Crippen LogP contribution >= 0.6 is 0 Å². The van der Waals surface area contributed by atoms with Gasteiger partial charge in [0, 0.05) is 18.3 Å². The molecule has 1 aliphatic rings. The third kappa shape index (κ3) is 3.82. The molecule has 1 N–H and O–H groups in total. The second kappa shape index (κ2) is 6.84. The molecule has 0 bridgehead atoms. The standard InChI is InChI=1S/C18H20N2O4S/c1-2-20(16-9-10-25(23,24)12-16)18(22)17(21)19-15-8-7-13-5-3-4-6-14(13)11-15/h3-8,11,16H,2,9-10,12H2,1H3,(H,19,21). The van der Waals surface area contributed by atoms with Gasteiger partial charge in [0.05, 0.1) is 11.5 Å². The van der Waals surface area contributed by atoms with Crippen molar-refractivity contribution in [2.75, 3.05) is 23.4 Å². The van der Waals surface area contributed by atoms with E-state index in [0.717, 1.165) is 10.8 Å². The summed E-state index contributed by atoms with van der Waals surface area (Å²) in [4.78, 5) is 26.1. The zero-order valence-corrected chi connectivity index (χ0v) is 14.8. The Morgan fingerprint density at radius 1 is 1.16 bits per heavy atom. The van der Waals surface area contributed by atoms with Crippen molar-refractivity contribution in [2.45, 2.75) is 19.4 Å². The summed E-state index contributed by atoms with van der Waals surface area (Å²) in [6, 6.07) is 12.7. The Morgan fingerprint density at radius 3 is 2.52 bits per heavy atom. The Labute approximate surface area is 146 Å². The first-order valence-corrected chi connectivity index (χ1v) is 10.0. The van der Waals surface area contributed by atoms with E-state index in [2.05, 4.69) is 5.32 Å². The average Bonchev–Trinajstić information content (AvgIpc) is 2.95. The fourth-order valence-corrected chi connectivity index (χ4v) is 4.90. The van der Waals surface area contributed by atoms with E-state index < -0.39 is 27.7 Å². The Morgan fingerprint density at radius 2 is 1.88 bits per heavy atom. The third-order valence-corrected chi connectivity index (χ3v) is 6.20. The largest absolute Gasteiger partial charge is 0.331 e. The van der Waals surface area contributed by atoms with E-state index in [4.69, 9.17) is 0 Å². The van der Waals surface area contributed by atoms with Gasteiger partial charge in [0.1, 0.15) is 0 Å². The monoisotopic (exact) mass is 360 g/mol. The second-order valence-electron chi connectivity index (χ2n) is 6.16. The smallest absolute Gasteiger partial charge is 0.313 e. The van der Waals surface area contributed by atoms with Crippen molar-refractivity contribution in [3.05, 3.63) is 42.5 Å². The van der Waals surface area contributed by atoms with Crippen LogP contribution in [0.25, 0.3) is 10.8 Å². The van der Waals surface area contributed by atoms with Gasteiger partial charge in [-0.05, 0) is 36.2 Å². The quantitative estimate of drug-likeness (QED) is 0.846. The van der Waals surface area contributed by atoms with Crippen molar-refractivity contribution in [2.24, 2.45) is 0 Å². The highest BCUT2D eigenvalue weighted by Crippen LogP contribution is 2.20. The summed E-state index contributed by atoms with van der Waals surface area (Å²) in [5.41, 5.74) is 0.534. The molecule has 0 aliphatic carbocycles. The molecule has 1 fully saturated rings.